The van der Waals surface area contributed by atoms with Crippen molar-refractivity contribution < 1.29 is 28.2 Å². The number of fused-ring (bicyclic) bond motifs is 1. The topological polar surface area (TPSA) is 119 Å². The number of carbonyl (C=O) groups is 2. The van der Waals surface area contributed by atoms with Gasteiger partial charge in [-0.1, -0.05) is 0 Å². The highest BCUT2D eigenvalue weighted by molar-refractivity contribution is 6.08. The Morgan fingerprint density at radius 1 is 1.19 bits per heavy atom. The van der Waals surface area contributed by atoms with Gasteiger partial charge in [0.25, 0.3) is 5.91 Å². The number of aromatic amines is 1. The van der Waals surface area contributed by atoms with Gasteiger partial charge in [-0.05, 0) is 37.7 Å². The first-order valence-corrected chi connectivity index (χ1v) is 12.4. The van der Waals surface area contributed by atoms with E-state index in [1.807, 2.05) is 0 Å². The van der Waals surface area contributed by atoms with Crippen LogP contribution in [0.1, 0.15) is 36.0 Å². The van der Waals surface area contributed by atoms with E-state index in [1.165, 1.54) is 32.7 Å². The van der Waals surface area contributed by atoms with Crippen molar-refractivity contribution in [2.45, 2.75) is 31.7 Å². The van der Waals surface area contributed by atoms with Crippen LogP contribution in [0.5, 0.6) is 11.5 Å². The summed E-state index contributed by atoms with van der Waals surface area (Å²) in [7, 11) is 2.89. The highest BCUT2D eigenvalue weighted by atomic mass is 19.1. The summed E-state index contributed by atoms with van der Waals surface area (Å²) in [6.07, 6.45) is 6.69. The van der Waals surface area contributed by atoms with Crippen LogP contribution in [-0.4, -0.2) is 78.2 Å². The van der Waals surface area contributed by atoms with Crippen LogP contribution in [0.15, 0.2) is 24.7 Å². The molecule has 2 aromatic heterocycles. The Balaban J connectivity index is 1.41. The summed E-state index contributed by atoms with van der Waals surface area (Å²) in [5, 5.41) is 3.02. The normalized spacial score (nSPS) is 17.6. The SMILES string of the molecule is COCC(=O)N1CCC[C@H](NC(=O)c2c[nH]c3c(-c4cc(F)c(OC)cc4OCC4CC4)ncnc23)C1. The number of benzene rings is 1. The van der Waals surface area contributed by atoms with Crippen molar-refractivity contribution in [3.63, 3.8) is 0 Å². The van der Waals surface area contributed by atoms with Crippen molar-refractivity contribution in [1.29, 1.82) is 0 Å². The lowest BCUT2D eigenvalue weighted by atomic mass is 10.0. The van der Waals surface area contributed by atoms with E-state index in [0.29, 0.717) is 59.2 Å². The second-order valence-electron chi connectivity index (χ2n) is 9.47. The molecule has 1 aliphatic carbocycles. The summed E-state index contributed by atoms with van der Waals surface area (Å²) in [5.41, 5.74) is 2.11. The van der Waals surface area contributed by atoms with Gasteiger partial charge in [-0.15, -0.1) is 0 Å². The molecule has 0 bridgehead atoms. The van der Waals surface area contributed by atoms with Crippen LogP contribution in [0.3, 0.4) is 0 Å². The maximum atomic E-state index is 14.7. The van der Waals surface area contributed by atoms with Crippen LogP contribution in [0.4, 0.5) is 4.39 Å². The molecule has 3 aromatic rings. The minimum absolute atomic E-state index is 0.0150. The zero-order valence-corrected chi connectivity index (χ0v) is 20.9. The van der Waals surface area contributed by atoms with E-state index in [0.717, 1.165) is 25.7 Å². The second kappa shape index (κ2) is 10.7. The van der Waals surface area contributed by atoms with Crippen molar-refractivity contribution in [1.82, 2.24) is 25.2 Å². The minimum atomic E-state index is -0.544. The molecule has 1 atom stereocenters. The van der Waals surface area contributed by atoms with E-state index in [-0.39, 0.29) is 30.2 Å². The second-order valence-corrected chi connectivity index (χ2v) is 9.47. The number of nitrogens with zero attached hydrogens (tertiary/aromatic N) is 3. The van der Waals surface area contributed by atoms with Crippen molar-refractivity contribution in [3.05, 3.63) is 36.0 Å². The minimum Gasteiger partial charge on any atom is -0.494 e. The van der Waals surface area contributed by atoms with Gasteiger partial charge in [-0.25, -0.2) is 14.4 Å². The zero-order chi connectivity index (χ0) is 25.9. The zero-order valence-electron chi connectivity index (χ0n) is 20.9. The number of likely N-dealkylation sites (tertiary alicyclic amines) is 1. The number of halogens is 1. The molecule has 2 N–H and O–H groups in total. The lowest BCUT2D eigenvalue weighted by molar-refractivity contribution is -0.136. The van der Waals surface area contributed by atoms with E-state index in [9.17, 15) is 14.0 Å². The fraction of sp³-hybridized carbons (Fsp3) is 0.462. The highest BCUT2D eigenvalue weighted by Crippen LogP contribution is 2.39. The number of carbonyl (C=O) groups excluding carboxylic acids is 2. The first kappa shape index (κ1) is 24.9. The molecule has 2 aliphatic rings. The molecule has 2 amide bonds. The molecule has 11 heteroatoms. The van der Waals surface area contributed by atoms with Crippen LogP contribution in [0.25, 0.3) is 22.3 Å². The predicted octanol–water partition coefficient (Wildman–Crippen LogP) is 2.93. The number of piperidine rings is 1. The smallest absolute Gasteiger partial charge is 0.255 e. The number of hydrogen-bond donors (Lipinski definition) is 2. The monoisotopic (exact) mass is 511 g/mol. The molecule has 1 saturated heterocycles. The van der Waals surface area contributed by atoms with Crippen molar-refractivity contribution in [2.75, 3.05) is 40.5 Å². The first-order valence-electron chi connectivity index (χ1n) is 12.4. The van der Waals surface area contributed by atoms with Crippen LogP contribution in [0, 0.1) is 11.7 Å². The van der Waals surface area contributed by atoms with E-state index in [1.54, 1.807) is 11.1 Å². The van der Waals surface area contributed by atoms with Crippen LogP contribution in [0.2, 0.25) is 0 Å². The Morgan fingerprint density at radius 3 is 2.78 bits per heavy atom. The molecule has 3 heterocycles. The largest absolute Gasteiger partial charge is 0.494 e. The summed E-state index contributed by atoms with van der Waals surface area (Å²) in [6.45, 7) is 1.60. The van der Waals surface area contributed by atoms with Gasteiger partial charge >= 0.3 is 0 Å². The van der Waals surface area contributed by atoms with Gasteiger partial charge in [0.05, 0.1) is 24.8 Å². The number of H-pyrrole nitrogens is 1. The fourth-order valence-electron chi connectivity index (χ4n) is 4.60. The van der Waals surface area contributed by atoms with Crippen LogP contribution in [-0.2, 0) is 9.53 Å². The third-order valence-electron chi connectivity index (χ3n) is 6.77. The standard InChI is InChI=1S/C26H30FN5O5/c1-35-13-22(33)32-7-3-4-16(11-32)31-26(34)18-10-28-25-23(29-14-30-24(18)25)17-8-19(27)21(36-2)9-20(17)37-12-15-5-6-15/h8-10,14-16,28H,3-7,11-13H2,1-2H3,(H,31,34)/t16-/m0/s1. The molecular formula is C26H30FN5O5. The molecule has 10 nitrogen and oxygen atoms in total. The average molecular weight is 512 g/mol. The number of methoxy groups -OCH3 is 2. The molecular weight excluding hydrogens is 481 g/mol. The van der Waals surface area contributed by atoms with Gasteiger partial charge in [0.1, 0.15) is 29.9 Å². The summed E-state index contributed by atoms with van der Waals surface area (Å²) in [4.78, 5) is 38.9. The Morgan fingerprint density at radius 2 is 2.03 bits per heavy atom. The summed E-state index contributed by atoms with van der Waals surface area (Å²) in [5.74, 6) is 0.0733. The van der Waals surface area contributed by atoms with Crippen molar-refractivity contribution >= 4 is 22.8 Å². The summed E-state index contributed by atoms with van der Waals surface area (Å²) < 4.78 is 30.8. The Kier molecular flexibility index (Phi) is 7.22. The Labute approximate surface area is 213 Å². The van der Waals surface area contributed by atoms with E-state index >= 15 is 0 Å². The number of aromatic nitrogens is 3. The Bertz CT molecular complexity index is 1310. The first-order chi connectivity index (χ1) is 18.0. The van der Waals surface area contributed by atoms with Gasteiger partial charge < -0.3 is 29.4 Å². The number of nitrogens with one attached hydrogen (secondary N) is 2. The molecule has 5 rings (SSSR count). The molecule has 1 aliphatic heterocycles. The van der Waals surface area contributed by atoms with E-state index < -0.39 is 5.82 Å². The molecule has 2 fully saturated rings. The molecule has 0 spiro atoms. The molecule has 0 unspecified atom stereocenters. The van der Waals surface area contributed by atoms with Gasteiger partial charge in [0, 0.05) is 44.1 Å². The number of amides is 2. The van der Waals surface area contributed by atoms with Crippen molar-refractivity contribution in [2.24, 2.45) is 5.92 Å². The molecule has 37 heavy (non-hydrogen) atoms. The fourth-order valence-corrected chi connectivity index (χ4v) is 4.60. The molecule has 1 saturated carbocycles. The van der Waals surface area contributed by atoms with Gasteiger partial charge in [0.2, 0.25) is 5.91 Å². The highest BCUT2D eigenvalue weighted by Gasteiger charge is 2.27. The molecule has 1 aromatic carbocycles. The third kappa shape index (κ3) is 5.36. The predicted molar refractivity (Wildman–Crippen MR) is 133 cm³/mol. The van der Waals surface area contributed by atoms with E-state index in [4.69, 9.17) is 14.2 Å². The quantitative estimate of drug-likeness (QED) is 0.453. The van der Waals surface area contributed by atoms with Gasteiger partial charge in [-0.3, -0.25) is 9.59 Å². The van der Waals surface area contributed by atoms with Gasteiger partial charge in [-0.2, -0.15) is 0 Å². The maximum absolute atomic E-state index is 14.7. The maximum Gasteiger partial charge on any atom is 0.255 e. The molecule has 0 radical (unpaired) electrons. The lowest BCUT2D eigenvalue weighted by Crippen LogP contribution is -2.50. The molecule has 196 valence electrons. The summed E-state index contributed by atoms with van der Waals surface area (Å²) >= 11 is 0. The van der Waals surface area contributed by atoms with Crippen LogP contribution < -0.4 is 14.8 Å². The number of ether oxygens (including phenoxy) is 3. The number of hydrogen-bond acceptors (Lipinski definition) is 7. The average Bonchev–Trinajstić information content (AvgIpc) is 3.63. The number of rotatable bonds is 9. The van der Waals surface area contributed by atoms with Crippen LogP contribution >= 0.6 is 0 Å². The summed E-state index contributed by atoms with van der Waals surface area (Å²) in [6, 6.07) is 2.67. The third-order valence-corrected chi connectivity index (χ3v) is 6.77. The van der Waals surface area contributed by atoms with Crippen molar-refractivity contribution in [3.8, 4) is 22.8 Å². The lowest BCUT2D eigenvalue weighted by Gasteiger charge is -2.33. The van der Waals surface area contributed by atoms with E-state index in [2.05, 4.69) is 20.3 Å². The Hall–Kier alpha value is -3.73. The van der Waals surface area contributed by atoms with Gasteiger partial charge in [0.15, 0.2) is 11.6 Å².